The second-order valence-corrected chi connectivity index (χ2v) is 9.42. The van der Waals surface area contributed by atoms with Crippen LogP contribution in [0.2, 0.25) is 0 Å². The molecule has 0 aliphatic rings. The number of alkyl halides is 1. The molecule has 0 saturated carbocycles. The van der Waals surface area contributed by atoms with Gasteiger partial charge in [-0.05, 0) is 35.4 Å². The molecule has 214 valence electrons. The summed E-state index contributed by atoms with van der Waals surface area (Å²) in [5.74, 6) is -0.0984. The molecule has 2 unspecified atom stereocenters. The number of hydrogen-bond acceptors (Lipinski definition) is 8. The predicted octanol–water partition coefficient (Wildman–Crippen LogP) is -0.899. The molecule has 9 N–H and O–H groups in total. The Kier molecular flexibility index (Phi) is 13.0. The Balaban J connectivity index is 1.99. The number of benzene rings is 2. The summed E-state index contributed by atoms with van der Waals surface area (Å²) in [7, 11) is 0. The fourth-order valence-corrected chi connectivity index (χ4v) is 3.61. The van der Waals surface area contributed by atoms with Gasteiger partial charge in [-0.15, -0.1) is 11.6 Å². The molecule has 12 heteroatoms. The van der Waals surface area contributed by atoms with Crippen LogP contribution < -0.4 is 26.7 Å². The maximum Gasteiger partial charge on any atom is 0.362 e. The molecule has 2 atom stereocenters. The molecular formula is C27H39ClN3O8+3. The lowest BCUT2D eigenvalue weighted by Crippen LogP contribution is -2.56. The number of ether oxygens (including phenoxy) is 5. The maximum atomic E-state index is 11.7. The van der Waals surface area contributed by atoms with Gasteiger partial charge in [-0.1, -0.05) is 38.1 Å². The van der Waals surface area contributed by atoms with Crippen molar-refractivity contribution in [3.63, 3.8) is 0 Å². The highest BCUT2D eigenvalue weighted by molar-refractivity contribution is 6.18. The first kappa shape index (κ1) is 31.8. The summed E-state index contributed by atoms with van der Waals surface area (Å²) in [6, 6.07) is 15.3. The highest BCUT2D eigenvalue weighted by Crippen LogP contribution is 2.33. The summed E-state index contributed by atoms with van der Waals surface area (Å²) in [4.78, 5) is 34.5. The van der Waals surface area contributed by atoms with Gasteiger partial charge in [0.2, 0.25) is 0 Å². The minimum absolute atomic E-state index is 0.0134. The Labute approximate surface area is 232 Å². The van der Waals surface area contributed by atoms with Crippen LogP contribution in [0.25, 0.3) is 0 Å². The van der Waals surface area contributed by atoms with Crippen molar-refractivity contribution in [2.24, 2.45) is 0 Å². The number of carbonyl (C=O) groups excluding carboxylic acids is 3. The number of quaternary nitrogens is 3. The molecule has 2 rings (SSSR count). The van der Waals surface area contributed by atoms with Crippen LogP contribution in [-0.4, -0.2) is 75.5 Å². The lowest BCUT2D eigenvalue weighted by atomic mass is 9.78. The van der Waals surface area contributed by atoms with Gasteiger partial charge in [0.05, 0.1) is 5.88 Å². The zero-order valence-corrected chi connectivity index (χ0v) is 23.2. The Hall–Kier alpha value is -3.38. The Morgan fingerprint density at radius 1 is 0.692 bits per heavy atom. The van der Waals surface area contributed by atoms with Crippen LogP contribution in [0.4, 0.5) is 0 Å². The van der Waals surface area contributed by atoms with Crippen molar-refractivity contribution >= 4 is 29.5 Å². The van der Waals surface area contributed by atoms with E-state index >= 15 is 0 Å². The molecule has 2 aromatic carbocycles. The first-order valence-electron chi connectivity index (χ1n) is 12.6. The van der Waals surface area contributed by atoms with E-state index in [1.807, 2.05) is 48.5 Å². The molecule has 11 nitrogen and oxygen atoms in total. The average molecular weight is 569 g/mol. The third-order valence-electron chi connectivity index (χ3n) is 5.83. The molecule has 0 heterocycles. The van der Waals surface area contributed by atoms with Crippen molar-refractivity contribution in [1.82, 2.24) is 0 Å². The average Bonchev–Trinajstić information content (AvgIpc) is 2.96. The van der Waals surface area contributed by atoms with Crippen LogP contribution >= 0.6 is 11.6 Å². The van der Waals surface area contributed by atoms with Crippen molar-refractivity contribution in [2.75, 3.05) is 45.3 Å². The number of carbonyl (C=O) groups is 3. The van der Waals surface area contributed by atoms with Crippen LogP contribution in [0.3, 0.4) is 0 Å². The van der Waals surface area contributed by atoms with Gasteiger partial charge in [-0.2, -0.15) is 0 Å². The molecule has 0 bridgehead atoms. The molecule has 0 saturated heterocycles. The van der Waals surface area contributed by atoms with Gasteiger partial charge in [0, 0.05) is 5.41 Å². The van der Waals surface area contributed by atoms with Crippen LogP contribution in [0.15, 0.2) is 48.5 Å². The van der Waals surface area contributed by atoms with E-state index in [0.29, 0.717) is 11.5 Å². The molecule has 39 heavy (non-hydrogen) atoms. The van der Waals surface area contributed by atoms with Crippen LogP contribution in [-0.2, 0) is 34.0 Å². The van der Waals surface area contributed by atoms with E-state index in [0.717, 1.165) is 11.1 Å². The van der Waals surface area contributed by atoms with E-state index in [1.165, 1.54) is 0 Å². The first-order chi connectivity index (χ1) is 18.6. The molecule has 0 radical (unpaired) electrons. The van der Waals surface area contributed by atoms with Gasteiger partial charge in [0.1, 0.15) is 37.4 Å². The second kappa shape index (κ2) is 15.9. The second-order valence-electron chi connectivity index (χ2n) is 9.11. The molecule has 0 amide bonds. The molecule has 2 aromatic rings. The number of esters is 3. The smallest absolute Gasteiger partial charge is 0.362 e. The molecule has 0 fully saturated rings. The summed E-state index contributed by atoms with van der Waals surface area (Å²) in [6.45, 7) is 4.21. The molecular weight excluding hydrogens is 530 g/mol. The minimum Gasteiger partial charge on any atom is -0.490 e. The standard InChI is InChI=1S/C27H36ClN3O8/c1-27(2,18-3-7-20(8-4-18)35-15-22(11-28)38-25(33)13-30)19-5-9-21(10-6-19)36-16-23(39-26(34)14-31)17-37-24(32)12-29/h3-10,22-23H,11-17,29-31H2,1-2H3/p+3. The summed E-state index contributed by atoms with van der Waals surface area (Å²) in [5, 5.41) is 0. The topological polar surface area (TPSA) is 180 Å². The Bertz CT molecular complexity index is 1060. The summed E-state index contributed by atoms with van der Waals surface area (Å²) >= 11 is 5.86. The zero-order valence-electron chi connectivity index (χ0n) is 22.5. The van der Waals surface area contributed by atoms with Crippen LogP contribution in [0.1, 0.15) is 25.0 Å². The lowest BCUT2D eigenvalue weighted by Gasteiger charge is -2.27. The SMILES string of the molecule is CC(C)(c1ccc(OCC(CCl)OC(=O)C[NH3+])cc1)c1ccc(OCC(COC(=O)C[NH3+])OC(=O)C[NH3+])cc1. The van der Waals surface area contributed by atoms with Gasteiger partial charge in [-0.25, -0.2) is 14.4 Å². The van der Waals surface area contributed by atoms with Gasteiger partial charge in [-0.3, -0.25) is 0 Å². The zero-order chi connectivity index (χ0) is 28.8. The van der Waals surface area contributed by atoms with Crippen molar-refractivity contribution in [3.8, 4) is 11.5 Å². The fraction of sp³-hybridized carbons (Fsp3) is 0.444. The van der Waals surface area contributed by atoms with Gasteiger partial charge in [0.15, 0.2) is 25.7 Å². The van der Waals surface area contributed by atoms with Crippen LogP contribution in [0.5, 0.6) is 11.5 Å². The minimum atomic E-state index is -0.762. The Morgan fingerprint density at radius 2 is 1.10 bits per heavy atom. The van der Waals surface area contributed by atoms with E-state index in [-0.39, 0.29) is 50.7 Å². The quantitative estimate of drug-likeness (QED) is 0.132. The number of halogens is 1. The predicted molar refractivity (Wildman–Crippen MR) is 141 cm³/mol. The highest BCUT2D eigenvalue weighted by Gasteiger charge is 2.24. The van der Waals surface area contributed by atoms with Crippen LogP contribution in [0, 0.1) is 0 Å². The molecule has 0 aromatic heterocycles. The fourth-order valence-electron chi connectivity index (χ4n) is 3.45. The van der Waals surface area contributed by atoms with Crippen molar-refractivity contribution in [3.05, 3.63) is 59.7 Å². The third kappa shape index (κ3) is 10.4. The van der Waals surface area contributed by atoms with E-state index < -0.39 is 30.1 Å². The number of rotatable bonds is 16. The third-order valence-corrected chi connectivity index (χ3v) is 6.18. The van der Waals surface area contributed by atoms with Crippen molar-refractivity contribution in [1.29, 1.82) is 0 Å². The van der Waals surface area contributed by atoms with Crippen molar-refractivity contribution in [2.45, 2.75) is 31.5 Å². The van der Waals surface area contributed by atoms with E-state index in [9.17, 15) is 14.4 Å². The first-order valence-corrected chi connectivity index (χ1v) is 13.1. The summed E-state index contributed by atoms with van der Waals surface area (Å²) in [5.41, 5.74) is 12.3. The molecule has 0 spiro atoms. The van der Waals surface area contributed by atoms with E-state index in [4.69, 9.17) is 35.3 Å². The van der Waals surface area contributed by atoms with Gasteiger partial charge < -0.3 is 40.9 Å². The monoisotopic (exact) mass is 568 g/mol. The normalized spacial score (nSPS) is 12.7. The van der Waals surface area contributed by atoms with Gasteiger partial charge in [0.25, 0.3) is 0 Å². The molecule has 0 aliphatic carbocycles. The van der Waals surface area contributed by atoms with E-state index in [2.05, 4.69) is 31.0 Å². The van der Waals surface area contributed by atoms with Gasteiger partial charge >= 0.3 is 17.9 Å². The Morgan fingerprint density at radius 3 is 1.51 bits per heavy atom. The highest BCUT2D eigenvalue weighted by atomic mass is 35.5. The summed E-state index contributed by atoms with van der Waals surface area (Å²) < 4.78 is 27.0. The van der Waals surface area contributed by atoms with E-state index in [1.54, 1.807) is 0 Å². The number of hydrogen-bond donors (Lipinski definition) is 3. The molecule has 0 aliphatic heterocycles. The lowest BCUT2D eigenvalue weighted by molar-refractivity contribution is -0.362. The largest absolute Gasteiger partial charge is 0.490 e. The maximum absolute atomic E-state index is 11.7. The van der Waals surface area contributed by atoms with Crippen molar-refractivity contribution < 1.29 is 55.3 Å². The summed E-state index contributed by atoms with van der Waals surface area (Å²) in [6.07, 6.45) is -1.31.